The summed E-state index contributed by atoms with van der Waals surface area (Å²) in [6, 6.07) is 13.4. The molecule has 0 aliphatic carbocycles. The van der Waals surface area contributed by atoms with E-state index in [0.717, 1.165) is 16.7 Å². The van der Waals surface area contributed by atoms with Gasteiger partial charge < -0.3 is 5.32 Å². The van der Waals surface area contributed by atoms with E-state index in [4.69, 9.17) is 11.6 Å². The van der Waals surface area contributed by atoms with Crippen LogP contribution in [0, 0.1) is 13.8 Å². The van der Waals surface area contributed by atoms with Crippen molar-refractivity contribution in [2.24, 2.45) is 0 Å². The zero-order valence-corrected chi connectivity index (χ0v) is 14.1. The Kier molecular flexibility index (Phi) is 5.21. The van der Waals surface area contributed by atoms with Crippen LogP contribution in [0.15, 0.2) is 46.9 Å². The van der Waals surface area contributed by atoms with Crippen molar-refractivity contribution >= 4 is 45.2 Å². The topological polar surface area (TPSA) is 29.1 Å². The molecule has 0 aliphatic heterocycles. The van der Waals surface area contributed by atoms with Crippen molar-refractivity contribution in [1.82, 2.24) is 0 Å². The number of halogens is 2. The number of amides is 1. The summed E-state index contributed by atoms with van der Waals surface area (Å²) in [4.78, 5) is 12.2. The second-order valence-corrected chi connectivity index (χ2v) is 6.06. The summed E-state index contributed by atoms with van der Waals surface area (Å²) in [5.74, 6) is -0.229. The summed E-state index contributed by atoms with van der Waals surface area (Å²) in [6.07, 6.45) is 1.77. The van der Waals surface area contributed by atoms with E-state index in [1.807, 2.05) is 56.3 Å². The normalized spacial score (nSPS) is 11.3. The predicted molar refractivity (Wildman–Crippen MR) is 92.9 cm³/mol. The molecule has 0 radical (unpaired) electrons. The molecule has 0 unspecified atom stereocenters. The van der Waals surface area contributed by atoms with E-state index in [9.17, 15) is 4.79 Å². The lowest BCUT2D eigenvalue weighted by Crippen LogP contribution is -2.12. The van der Waals surface area contributed by atoms with Crippen LogP contribution in [-0.2, 0) is 4.79 Å². The van der Waals surface area contributed by atoms with Crippen molar-refractivity contribution in [3.8, 4) is 0 Å². The average molecular weight is 365 g/mol. The molecule has 0 aromatic heterocycles. The molecule has 0 saturated heterocycles. The third-order valence-corrected chi connectivity index (χ3v) is 3.87. The first-order valence-corrected chi connectivity index (χ1v) is 7.65. The Morgan fingerprint density at radius 1 is 1.19 bits per heavy atom. The molecule has 2 aromatic rings. The van der Waals surface area contributed by atoms with Gasteiger partial charge in [-0.05, 0) is 58.6 Å². The SMILES string of the molecule is Cc1cc(C)c(NC(=O)/C(Br)=C/c2ccccc2)c(Cl)c1. The summed E-state index contributed by atoms with van der Waals surface area (Å²) in [6.45, 7) is 3.89. The van der Waals surface area contributed by atoms with Gasteiger partial charge in [-0.3, -0.25) is 4.79 Å². The van der Waals surface area contributed by atoms with Crippen LogP contribution in [-0.4, -0.2) is 5.91 Å². The average Bonchev–Trinajstić information content (AvgIpc) is 2.43. The van der Waals surface area contributed by atoms with Gasteiger partial charge in [-0.15, -0.1) is 0 Å². The second kappa shape index (κ2) is 6.92. The van der Waals surface area contributed by atoms with Crippen LogP contribution in [0.4, 0.5) is 5.69 Å². The fourth-order valence-electron chi connectivity index (χ4n) is 2.01. The predicted octanol–water partition coefficient (Wildman–Crippen LogP) is 5.33. The summed E-state index contributed by atoms with van der Waals surface area (Å²) in [5.41, 5.74) is 3.60. The first-order chi connectivity index (χ1) is 9.97. The van der Waals surface area contributed by atoms with Crippen molar-refractivity contribution in [3.05, 3.63) is 68.7 Å². The minimum atomic E-state index is -0.229. The minimum Gasteiger partial charge on any atom is -0.320 e. The van der Waals surface area contributed by atoms with E-state index in [1.165, 1.54) is 0 Å². The summed E-state index contributed by atoms with van der Waals surface area (Å²) in [7, 11) is 0. The quantitative estimate of drug-likeness (QED) is 0.733. The standard InChI is InChI=1S/C17H15BrClNO/c1-11-8-12(2)16(15(19)9-11)20-17(21)14(18)10-13-6-4-3-5-7-13/h3-10H,1-2H3,(H,20,21)/b14-10-. The van der Waals surface area contributed by atoms with Crippen LogP contribution in [0.2, 0.25) is 5.02 Å². The fourth-order valence-corrected chi connectivity index (χ4v) is 2.74. The van der Waals surface area contributed by atoms with Crippen molar-refractivity contribution in [2.75, 3.05) is 5.32 Å². The van der Waals surface area contributed by atoms with Crippen LogP contribution in [0.25, 0.3) is 6.08 Å². The monoisotopic (exact) mass is 363 g/mol. The summed E-state index contributed by atoms with van der Waals surface area (Å²) < 4.78 is 0.449. The molecule has 21 heavy (non-hydrogen) atoms. The largest absolute Gasteiger partial charge is 0.320 e. The van der Waals surface area contributed by atoms with E-state index in [1.54, 1.807) is 6.08 Å². The molecule has 0 saturated carbocycles. The maximum Gasteiger partial charge on any atom is 0.262 e. The molecule has 108 valence electrons. The number of benzene rings is 2. The van der Waals surface area contributed by atoms with Gasteiger partial charge in [0.05, 0.1) is 15.2 Å². The maximum absolute atomic E-state index is 12.2. The lowest BCUT2D eigenvalue weighted by atomic mass is 10.1. The number of anilines is 1. The molecular weight excluding hydrogens is 350 g/mol. The smallest absolute Gasteiger partial charge is 0.262 e. The van der Waals surface area contributed by atoms with Crippen molar-refractivity contribution in [3.63, 3.8) is 0 Å². The van der Waals surface area contributed by atoms with Gasteiger partial charge in [0.25, 0.3) is 5.91 Å². The van der Waals surface area contributed by atoms with E-state index < -0.39 is 0 Å². The molecule has 0 spiro atoms. The molecule has 0 fully saturated rings. The van der Waals surface area contributed by atoms with E-state index in [0.29, 0.717) is 15.2 Å². The van der Waals surface area contributed by atoms with Crippen LogP contribution in [0.1, 0.15) is 16.7 Å². The number of carbonyl (C=O) groups excluding carboxylic acids is 1. The van der Waals surface area contributed by atoms with Gasteiger partial charge in [-0.25, -0.2) is 0 Å². The van der Waals surface area contributed by atoms with Gasteiger partial charge >= 0.3 is 0 Å². The minimum absolute atomic E-state index is 0.229. The number of rotatable bonds is 3. The second-order valence-electron chi connectivity index (χ2n) is 4.80. The number of carbonyl (C=O) groups is 1. The van der Waals surface area contributed by atoms with Gasteiger partial charge in [0, 0.05) is 0 Å². The lowest BCUT2D eigenvalue weighted by molar-refractivity contribution is -0.112. The highest BCUT2D eigenvalue weighted by Gasteiger charge is 2.11. The Hall–Kier alpha value is -1.58. The number of aryl methyl sites for hydroxylation is 2. The fraction of sp³-hybridized carbons (Fsp3) is 0.118. The van der Waals surface area contributed by atoms with Crippen LogP contribution >= 0.6 is 27.5 Å². The van der Waals surface area contributed by atoms with Gasteiger partial charge in [0.1, 0.15) is 0 Å². The molecule has 0 aliphatic rings. The van der Waals surface area contributed by atoms with Gasteiger partial charge in [0.15, 0.2) is 0 Å². The number of nitrogens with one attached hydrogen (secondary N) is 1. The van der Waals surface area contributed by atoms with E-state index in [2.05, 4.69) is 21.2 Å². The molecule has 2 rings (SSSR count). The van der Waals surface area contributed by atoms with E-state index >= 15 is 0 Å². The highest BCUT2D eigenvalue weighted by Crippen LogP contribution is 2.28. The summed E-state index contributed by atoms with van der Waals surface area (Å²) in [5, 5.41) is 3.38. The Labute approximate surface area is 138 Å². The number of hydrogen-bond donors (Lipinski definition) is 1. The molecule has 0 atom stereocenters. The van der Waals surface area contributed by atoms with Gasteiger partial charge in [-0.2, -0.15) is 0 Å². The van der Waals surface area contributed by atoms with Crippen molar-refractivity contribution in [1.29, 1.82) is 0 Å². The van der Waals surface area contributed by atoms with Crippen LogP contribution < -0.4 is 5.32 Å². The molecule has 4 heteroatoms. The van der Waals surface area contributed by atoms with Gasteiger partial charge in [0.2, 0.25) is 0 Å². The molecule has 0 bridgehead atoms. The Morgan fingerprint density at radius 3 is 2.48 bits per heavy atom. The first-order valence-electron chi connectivity index (χ1n) is 6.47. The zero-order valence-electron chi connectivity index (χ0n) is 11.8. The zero-order chi connectivity index (χ0) is 15.4. The summed E-state index contributed by atoms with van der Waals surface area (Å²) >= 11 is 9.50. The third-order valence-electron chi connectivity index (χ3n) is 2.98. The highest BCUT2D eigenvalue weighted by molar-refractivity contribution is 9.12. The molecule has 2 aromatic carbocycles. The highest BCUT2D eigenvalue weighted by atomic mass is 79.9. The third kappa shape index (κ3) is 4.19. The molecule has 2 nitrogen and oxygen atoms in total. The molecule has 1 N–H and O–H groups in total. The van der Waals surface area contributed by atoms with E-state index in [-0.39, 0.29) is 5.91 Å². The number of hydrogen-bond acceptors (Lipinski definition) is 1. The van der Waals surface area contributed by atoms with Crippen LogP contribution in [0.3, 0.4) is 0 Å². The molecular formula is C17H15BrClNO. The van der Waals surface area contributed by atoms with Gasteiger partial charge in [-0.1, -0.05) is 48.0 Å². The molecule has 1 amide bonds. The molecule has 0 heterocycles. The van der Waals surface area contributed by atoms with Crippen molar-refractivity contribution < 1.29 is 4.79 Å². The van der Waals surface area contributed by atoms with Crippen LogP contribution in [0.5, 0.6) is 0 Å². The van der Waals surface area contributed by atoms with Crippen molar-refractivity contribution in [2.45, 2.75) is 13.8 Å². The Balaban J connectivity index is 2.21. The first kappa shape index (κ1) is 15.8. The Bertz CT molecular complexity index is 672. The Morgan fingerprint density at radius 2 is 1.86 bits per heavy atom. The maximum atomic E-state index is 12.2. The lowest BCUT2D eigenvalue weighted by Gasteiger charge is -2.11.